The van der Waals surface area contributed by atoms with Crippen molar-refractivity contribution >= 4 is 5.97 Å². The highest BCUT2D eigenvalue weighted by atomic mass is 16.5. The molecule has 0 aliphatic carbocycles. The Labute approximate surface area is 83.3 Å². The fourth-order valence-electron chi connectivity index (χ4n) is 1.37. The van der Waals surface area contributed by atoms with E-state index in [1.54, 1.807) is 0 Å². The third kappa shape index (κ3) is 2.85. The van der Waals surface area contributed by atoms with Crippen LogP contribution in [0.15, 0.2) is 24.3 Å². The molecule has 3 heteroatoms. The maximum atomic E-state index is 10.5. The average molecular weight is 194 g/mol. The quantitative estimate of drug-likeness (QED) is 0.798. The molecule has 0 aromatic heterocycles. The summed E-state index contributed by atoms with van der Waals surface area (Å²) in [6.45, 7) is 1.97. The molecule has 0 saturated heterocycles. The van der Waals surface area contributed by atoms with Crippen LogP contribution in [0, 0.1) is 6.92 Å². The highest BCUT2D eigenvalue weighted by molar-refractivity contribution is 5.67. The molecule has 1 aromatic rings. The zero-order valence-corrected chi connectivity index (χ0v) is 8.36. The normalized spacial score (nSPS) is 12.4. The van der Waals surface area contributed by atoms with E-state index in [9.17, 15) is 4.79 Å². The lowest BCUT2D eigenvalue weighted by Gasteiger charge is -2.13. The van der Waals surface area contributed by atoms with Gasteiger partial charge in [0.2, 0.25) is 0 Å². The summed E-state index contributed by atoms with van der Waals surface area (Å²) >= 11 is 0. The van der Waals surface area contributed by atoms with Gasteiger partial charge >= 0.3 is 5.97 Å². The summed E-state index contributed by atoms with van der Waals surface area (Å²) in [4.78, 5) is 10.5. The van der Waals surface area contributed by atoms with E-state index in [4.69, 9.17) is 9.84 Å². The molecular weight excluding hydrogens is 180 g/mol. The second kappa shape index (κ2) is 4.77. The van der Waals surface area contributed by atoms with E-state index in [0.29, 0.717) is 0 Å². The Kier molecular flexibility index (Phi) is 3.65. The Morgan fingerprint density at radius 3 is 2.79 bits per heavy atom. The van der Waals surface area contributed by atoms with Gasteiger partial charge in [-0.1, -0.05) is 29.8 Å². The van der Waals surface area contributed by atoms with Crippen LogP contribution in [0.1, 0.15) is 23.7 Å². The molecular formula is C11H14O3. The van der Waals surface area contributed by atoms with Gasteiger partial charge in [-0.25, -0.2) is 0 Å². The largest absolute Gasteiger partial charge is 0.481 e. The zero-order valence-electron chi connectivity index (χ0n) is 8.36. The number of carboxylic acids is 1. The molecule has 0 aliphatic heterocycles. The number of hydrogen-bond acceptors (Lipinski definition) is 2. The van der Waals surface area contributed by atoms with Crippen molar-refractivity contribution < 1.29 is 14.6 Å². The second-order valence-corrected chi connectivity index (χ2v) is 3.24. The van der Waals surface area contributed by atoms with Crippen LogP contribution in [0.4, 0.5) is 0 Å². The van der Waals surface area contributed by atoms with Gasteiger partial charge in [-0.3, -0.25) is 4.79 Å². The monoisotopic (exact) mass is 194 g/mol. The Morgan fingerprint density at radius 2 is 2.29 bits per heavy atom. The van der Waals surface area contributed by atoms with Gasteiger partial charge in [-0.15, -0.1) is 0 Å². The number of rotatable bonds is 4. The lowest BCUT2D eigenvalue weighted by atomic mass is 10.0. The van der Waals surface area contributed by atoms with Crippen molar-refractivity contribution in [2.75, 3.05) is 7.11 Å². The molecule has 76 valence electrons. The van der Waals surface area contributed by atoms with Crippen LogP contribution in [0.3, 0.4) is 0 Å². The topological polar surface area (TPSA) is 46.5 Å². The second-order valence-electron chi connectivity index (χ2n) is 3.24. The first-order valence-electron chi connectivity index (χ1n) is 4.44. The number of aliphatic carboxylic acids is 1. The molecule has 1 N–H and O–H groups in total. The molecule has 0 heterocycles. The predicted molar refractivity (Wildman–Crippen MR) is 53.2 cm³/mol. The number of hydrogen-bond donors (Lipinski definition) is 1. The molecule has 3 nitrogen and oxygen atoms in total. The van der Waals surface area contributed by atoms with Crippen molar-refractivity contribution in [2.45, 2.75) is 19.4 Å². The van der Waals surface area contributed by atoms with Gasteiger partial charge in [0.05, 0.1) is 12.5 Å². The van der Waals surface area contributed by atoms with Gasteiger partial charge in [0.15, 0.2) is 0 Å². The average Bonchev–Trinajstić information content (AvgIpc) is 2.14. The van der Waals surface area contributed by atoms with Crippen LogP contribution < -0.4 is 0 Å². The predicted octanol–water partition coefficient (Wildman–Crippen LogP) is 2.16. The lowest BCUT2D eigenvalue weighted by molar-refractivity contribution is -0.139. The van der Waals surface area contributed by atoms with Gasteiger partial charge in [-0.05, 0) is 12.5 Å². The van der Waals surface area contributed by atoms with E-state index >= 15 is 0 Å². The van der Waals surface area contributed by atoms with Gasteiger partial charge < -0.3 is 9.84 Å². The van der Waals surface area contributed by atoms with Crippen LogP contribution in [-0.2, 0) is 9.53 Å². The summed E-state index contributed by atoms with van der Waals surface area (Å²) in [5, 5.41) is 8.67. The molecule has 0 radical (unpaired) electrons. The van der Waals surface area contributed by atoms with Crippen LogP contribution in [0.2, 0.25) is 0 Å². The van der Waals surface area contributed by atoms with E-state index in [0.717, 1.165) is 11.1 Å². The van der Waals surface area contributed by atoms with Crippen LogP contribution in [-0.4, -0.2) is 18.2 Å². The molecule has 0 bridgehead atoms. The highest BCUT2D eigenvalue weighted by Crippen LogP contribution is 2.20. The minimum atomic E-state index is -0.849. The summed E-state index contributed by atoms with van der Waals surface area (Å²) < 4.78 is 5.12. The third-order valence-electron chi connectivity index (χ3n) is 2.06. The van der Waals surface area contributed by atoms with E-state index < -0.39 is 5.97 Å². The van der Waals surface area contributed by atoms with Gasteiger partial charge in [0.25, 0.3) is 0 Å². The fraction of sp³-hybridized carbons (Fsp3) is 0.364. The van der Waals surface area contributed by atoms with Crippen molar-refractivity contribution in [1.29, 1.82) is 0 Å². The van der Waals surface area contributed by atoms with Crippen LogP contribution in [0.5, 0.6) is 0 Å². The summed E-state index contributed by atoms with van der Waals surface area (Å²) in [5.74, 6) is -0.849. The Hall–Kier alpha value is -1.35. The van der Waals surface area contributed by atoms with E-state index in [1.807, 2.05) is 31.2 Å². The molecule has 0 saturated carbocycles. The minimum absolute atomic E-state index is 0.0000463. The molecule has 0 spiro atoms. The maximum absolute atomic E-state index is 10.5. The van der Waals surface area contributed by atoms with E-state index in [1.165, 1.54) is 7.11 Å². The Balaban J connectivity index is 2.83. The molecule has 1 atom stereocenters. The Bertz CT molecular complexity index is 320. The fourth-order valence-corrected chi connectivity index (χ4v) is 1.37. The van der Waals surface area contributed by atoms with E-state index in [-0.39, 0.29) is 12.5 Å². The van der Waals surface area contributed by atoms with Crippen molar-refractivity contribution in [1.82, 2.24) is 0 Å². The Morgan fingerprint density at radius 1 is 1.57 bits per heavy atom. The SMILES string of the molecule is COC(CC(=O)O)c1cccc(C)c1. The van der Waals surface area contributed by atoms with Gasteiger partial charge in [0, 0.05) is 7.11 Å². The number of methoxy groups -OCH3 is 1. The molecule has 1 rings (SSSR count). The van der Waals surface area contributed by atoms with Crippen LogP contribution in [0.25, 0.3) is 0 Å². The summed E-state index contributed by atoms with van der Waals surface area (Å²) in [6.07, 6.45) is -0.354. The number of carbonyl (C=O) groups is 1. The van der Waals surface area contributed by atoms with E-state index in [2.05, 4.69) is 0 Å². The maximum Gasteiger partial charge on any atom is 0.306 e. The van der Waals surface area contributed by atoms with Crippen molar-refractivity contribution in [3.8, 4) is 0 Å². The standard InChI is InChI=1S/C11H14O3/c1-8-4-3-5-9(6-8)10(14-2)7-11(12)13/h3-6,10H,7H2,1-2H3,(H,12,13). The van der Waals surface area contributed by atoms with Gasteiger partial charge in [0.1, 0.15) is 0 Å². The molecule has 14 heavy (non-hydrogen) atoms. The zero-order chi connectivity index (χ0) is 10.6. The minimum Gasteiger partial charge on any atom is -0.481 e. The highest BCUT2D eigenvalue weighted by Gasteiger charge is 2.14. The molecule has 1 aromatic carbocycles. The number of aryl methyl sites for hydroxylation is 1. The van der Waals surface area contributed by atoms with Crippen LogP contribution >= 0.6 is 0 Å². The molecule has 0 aliphatic rings. The summed E-state index contributed by atoms with van der Waals surface area (Å²) in [5.41, 5.74) is 2.02. The molecule has 0 amide bonds. The molecule has 0 fully saturated rings. The first-order chi connectivity index (χ1) is 6.63. The lowest BCUT2D eigenvalue weighted by Crippen LogP contribution is -2.08. The smallest absolute Gasteiger partial charge is 0.306 e. The van der Waals surface area contributed by atoms with Gasteiger partial charge in [-0.2, -0.15) is 0 Å². The first-order valence-corrected chi connectivity index (χ1v) is 4.44. The van der Waals surface area contributed by atoms with Crippen molar-refractivity contribution in [2.24, 2.45) is 0 Å². The number of carboxylic acid groups (broad SMARTS) is 1. The molecule has 1 unspecified atom stereocenters. The number of ether oxygens (including phenoxy) is 1. The first kappa shape index (κ1) is 10.7. The summed E-state index contributed by atoms with van der Waals surface area (Å²) in [7, 11) is 1.52. The van der Waals surface area contributed by atoms with Crippen molar-refractivity contribution in [3.05, 3.63) is 35.4 Å². The summed E-state index contributed by atoms with van der Waals surface area (Å²) in [6, 6.07) is 7.69. The third-order valence-corrected chi connectivity index (χ3v) is 2.06. The van der Waals surface area contributed by atoms with Crippen molar-refractivity contribution in [3.63, 3.8) is 0 Å². The number of benzene rings is 1.